The van der Waals surface area contributed by atoms with Crippen LogP contribution >= 0.6 is 0 Å². The highest BCUT2D eigenvalue weighted by atomic mass is 16.6. The standard InChI is InChI=1S/C36H45NO9/c1-23(2)33-36(5,6)46-35(43)37(33)34(42)29(21-26-13-8-7-9-14-26)32(45-25(4)39)31(41)22-28(27-15-10-12-24(3)20-27)30(40)16-11-18-44-19-17-38/h7-10,12-15,20,22-23,29,32-33,38H,11,16-19,21H2,1-6H3/t29-,32-,33-/m1/s1. The average Bonchev–Trinajstić information content (AvgIpc) is 3.25. The third kappa shape index (κ3) is 9.43. The smallest absolute Gasteiger partial charge is 0.417 e. The normalized spacial score (nSPS) is 17.4. The number of allylic oxidation sites excluding steroid dienone is 1. The van der Waals surface area contributed by atoms with E-state index in [9.17, 15) is 24.0 Å². The number of aliphatic hydroxyl groups excluding tert-OH is 1. The summed E-state index contributed by atoms with van der Waals surface area (Å²) in [6, 6.07) is 15.4. The van der Waals surface area contributed by atoms with Gasteiger partial charge in [-0.2, -0.15) is 0 Å². The quantitative estimate of drug-likeness (QED) is 0.156. The van der Waals surface area contributed by atoms with Crippen LogP contribution in [0.15, 0.2) is 60.7 Å². The summed E-state index contributed by atoms with van der Waals surface area (Å²) < 4.78 is 16.5. The summed E-state index contributed by atoms with van der Waals surface area (Å²) in [4.78, 5) is 68.8. The number of carbonyl (C=O) groups excluding carboxylic acids is 5. The monoisotopic (exact) mass is 635 g/mol. The van der Waals surface area contributed by atoms with Crippen LogP contribution in [0.5, 0.6) is 0 Å². The van der Waals surface area contributed by atoms with Crippen LogP contribution in [0.1, 0.15) is 64.2 Å². The molecular weight excluding hydrogens is 590 g/mol. The van der Waals surface area contributed by atoms with Crippen LogP contribution in [0.25, 0.3) is 5.57 Å². The number of carbonyl (C=O) groups is 5. The molecule has 46 heavy (non-hydrogen) atoms. The van der Waals surface area contributed by atoms with Crippen LogP contribution in [0.4, 0.5) is 4.79 Å². The molecule has 0 aromatic heterocycles. The minimum absolute atomic E-state index is 0.0257. The highest BCUT2D eigenvalue weighted by molar-refractivity contribution is 6.25. The van der Waals surface area contributed by atoms with Gasteiger partial charge in [-0.3, -0.25) is 19.2 Å². The Morgan fingerprint density at radius 1 is 1.04 bits per heavy atom. The van der Waals surface area contributed by atoms with E-state index < -0.39 is 47.4 Å². The van der Waals surface area contributed by atoms with Crippen LogP contribution in [0, 0.1) is 18.8 Å². The first-order valence-corrected chi connectivity index (χ1v) is 15.6. The number of aliphatic hydroxyl groups is 1. The zero-order chi connectivity index (χ0) is 34.0. The Labute approximate surface area is 270 Å². The molecular formula is C36H45NO9. The molecule has 1 fully saturated rings. The van der Waals surface area contributed by atoms with Crippen molar-refractivity contribution in [1.29, 1.82) is 0 Å². The number of hydrogen-bond acceptors (Lipinski definition) is 9. The molecule has 0 aliphatic carbocycles. The van der Waals surface area contributed by atoms with Gasteiger partial charge >= 0.3 is 12.1 Å². The number of esters is 1. The van der Waals surface area contributed by atoms with Gasteiger partial charge in [-0.15, -0.1) is 0 Å². The van der Waals surface area contributed by atoms with Gasteiger partial charge in [-0.25, -0.2) is 9.69 Å². The van der Waals surface area contributed by atoms with Gasteiger partial charge in [-0.05, 0) is 56.7 Å². The van der Waals surface area contributed by atoms with Crippen molar-refractivity contribution < 1.29 is 43.3 Å². The second kappa shape index (κ2) is 16.4. The van der Waals surface area contributed by atoms with Gasteiger partial charge in [0, 0.05) is 25.5 Å². The van der Waals surface area contributed by atoms with E-state index in [0.29, 0.717) is 17.5 Å². The van der Waals surface area contributed by atoms with E-state index in [1.165, 1.54) is 0 Å². The van der Waals surface area contributed by atoms with Crippen molar-refractivity contribution in [1.82, 2.24) is 4.90 Å². The van der Waals surface area contributed by atoms with Crippen molar-refractivity contribution in [3.05, 3.63) is 77.4 Å². The highest BCUT2D eigenvalue weighted by Gasteiger charge is 2.54. The Morgan fingerprint density at radius 2 is 1.74 bits per heavy atom. The van der Waals surface area contributed by atoms with E-state index in [2.05, 4.69) is 0 Å². The predicted molar refractivity (Wildman–Crippen MR) is 172 cm³/mol. The number of Topliss-reactive ketones (excluding diaryl/α,β-unsaturated/α-hetero) is 1. The number of cyclic esters (lactones) is 1. The lowest BCUT2D eigenvalue weighted by Crippen LogP contribution is -2.53. The molecule has 0 saturated carbocycles. The molecule has 2 aromatic rings. The lowest BCUT2D eigenvalue weighted by molar-refractivity contribution is -0.159. The van der Waals surface area contributed by atoms with Crippen LogP contribution in [0.2, 0.25) is 0 Å². The number of ether oxygens (including phenoxy) is 3. The molecule has 0 unspecified atom stereocenters. The van der Waals surface area contributed by atoms with E-state index in [-0.39, 0.29) is 49.9 Å². The molecule has 1 N–H and O–H groups in total. The van der Waals surface area contributed by atoms with E-state index in [4.69, 9.17) is 19.3 Å². The van der Waals surface area contributed by atoms with Crippen molar-refractivity contribution in [2.75, 3.05) is 19.8 Å². The van der Waals surface area contributed by atoms with E-state index in [1.54, 1.807) is 56.3 Å². The van der Waals surface area contributed by atoms with Crippen LogP contribution in [-0.4, -0.2) is 77.1 Å². The van der Waals surface area contributed by atoms with E-state index in [1.807, 2.05) is 32.9 Å². The summed E-state index contributed by atoms with van der Waals surface area (Å²) in [5.41, 5.74) is 1.14. The van der Waals surface area contributed by atoms with Gasteiger partial charge in [0.2, 0.25) is 5.91 Å². The molecule has 1 aliphatic heterocycles. The lowest BCUT2D eigenvalue weighted by atomic mass is 9.85. The fourth-order valence-electron chi connectivity index (χ4n) is 5.97. The molecule has 0 radical (unpaired) electrons. The maximum absolute atomic E-state index is 14.4. The summed E-state index contributed by atoms with van der Waals surface area (Å²) in [7, 11) is 0. The summed E-state index contributed by atoms with van der Waals surface area (Å²) >= 11 is 0. The van der Waals surface area contributed by atoms with Crippen molar-refractivity contribution >= 4 is 35.1 Å². The van der Waals surface area contributed by atoms with Crippen molar-refractivity contribution in [3.8, 4) is 0 Å². The maximum atomic E-state index is 14.4. The molecule has 2 amide bonds. The van der Waals surface area contributed by atoms with Gasteiger partial charge in [-0.1, -0.05) is 74.0 Å². The van der Waals surface area contributed by atoms with E-state index in [0.717, 1.165) is 23.5 Å². The van der Waals surface area contributed by atoms with Crippen LogP contribution in [-0.2, 0) is 39.8 Å². The Hall–Kier alpha value is -4.15. The second-order valence-electron chi connectivity index (χ2n) is 12.4. The molecule has 3 atom stereocenters. The zero-order valence-corrected chi connectivity index (χ0v) is 27.5. The molecule has 10 nitrogen and oxygen atoms in total. The minimum Gasteiger partial charge on any atom is -0.453 e. The molecule has 2 aromatic carbocycles. The predicted octanol–water partition coefficient (Wildman–Crippen LogP) is 4.88. The number of aryl methyl sites for hydroxylation is 1. The Balaban J connectivity index is 2.10. The van der Waals surface area contributed by atoms with Crippen LogP contribution < -0.4 is 0 Å². The first-order chi connectivity index (χ1) is 21.8. The molecule has 3 rings (SSSR count). The number of hydrogen-bond donors (Lipinski definition) is 1. The SMILES string of the molecule is CC(=O)O[C@@H](C(=O)C=C(C(=O)CCCOCCO)c1cccc(C)c1)[C@@H](Cc1ccccc1)C(=O)N1C(=O)OC(C)(C)[C@H]1C(C)C. The van der Waals surface area contributed by atoms with Crippen LogP contribution in [0.3, 0.4) is 0 Å². The number of nitrogens with zero attached hydrogens (tertiary/aromatic N) is 1. The molecule has 10 heteroatoms. The first kappa shape index (κ1) is 36.3. The second-order valence-corrected chi connectivity index (χ2v) is 12.4. The largest absolute Gasteiger partial charge is 0.453 e. The fourth-order valence-corrected chi connectivity index (χ4v) is 5.97. The number of rotatable bonds is 16. The van der Waals surface area contributed by atoms with Crippen molar-refractivity contribution in [2.45, 2.75) is 78.6 Å². The summed E-state index contributed by atoms with van der Waals surface area (Å²) in [5, 5.41) is 8.95. The fraction of sp³-hybridized carbons (Fsp3) is 0.472. The molecule has 0 bridgehead atoms. The molecule has 1 saturated heterocycles. The summed E-state index contributed by atoms with van der Waals surface area (Å²) in [6.07, 6.45) is -0.972. The lowest BCUT2D eigenvalue weighted by Gasteiger charge is -2.34. The van der Waals surface area contributed by atoms with Gasteiger partial charge in [0.1, 0.15) is 5.60 Å². The van der Waals surface area contributed by atoms with Gasteiger partial charge in [0.25, 0.3) is 0 Å². The molecule has 248 valence electrons. The molecule has 1 heterocycles. The molecule has 1 aliphatic rings. The third-order valence-electron chi connectivity index (χ3n) is 7.81. The summed E-state index contributed by atoms with van der Waals surface area (Å²) in [5.74, 6) is -4.11. The highest BCUT2D eigenvalue weighted by Crippen LogP contribution is 2.36. The number of amides is 2. The van der Waals surface area contributed by atoms with Gasteiger partial charge in [0.05, 0.1) is 25.2 Å². The average molecular weight is 636 g/mol. The topological polar surface area (TPSA) is 137 Å². The minimum atomic E-state index is -1.64. The van der Waals surface area contributed by atoms with Gasteiger partial charge in [0.15, 0.2) is 17.7 Å². The summed E-state index contributed by atoms with van der Waals surface area (Å²) in [6.45, 7) is 10.4. The zero-order valence-electron chi connectivity index (χ0n) is 27.5. The Kier molecular flexibility index (Phi) is 13.0. The van der Waals surface area contributed by atoms with Gasteiger partial charge < -0.3 is 19.3 Å². The number of imide groups is 1. The first-order valence-electron chi connectivity index (χ1n) is 15.6. The maximum Gasteiger partial charge on any atom is 0.417 e. The third-order valence-corrected chi connectivity index (χ3v) is 7.81. The van der Waals surface area contributed by atoms with E-state index >= 15 is 0 Å². The number of benzene rings is 2. The van der Waals surface area contributed by atoms with Crippen molar-refractivity contribution in [2.24, 2.45) is 11.8 Å². The van der Waals surface area contributed by atoms with Crippen molar-refractivity contribution in [3.63, 3.8) is 0 Å². The molecule has 0 spiro atoms. The Bertz CT molecular complexity index is 1430. The Morgan fingerprint density at radius 3 is 2.35 bits per heavy atom. The number of ketones is 2.